The normalized spacial score (nSPS) is 12.9. The minimum Gasteiger partial charge on any atom is -0.383 e. The summed E-state index contributed by atoms with van der Waals surface area (Å²) in [6.45, 7) is 3.51. The summed E-state index contributed by atoms with van der Waals surface area (Å²) in [4.78, 5) is 7.44. The minimum absolute atomic E-state index is 0.00320. The maximum Gasteiger partial charge on any atom is 0.226 e. The summed E-state index contributed by atoms with van der Waals surface area (Å²) in [5.74, 6) is 0.358. The summed E-state index contributed by atoms with van der Waals surface area (Å²) in [7, 11) is 0. The van der Waals surface area contributed by atoms with Crippen molar-refractivity contribution in [2.75, 3.05) is 11.1 Å². The van der Waals surface area contributed by atoms with Crippen LogP contribution in [-0.4, -0.2) is 16.3 Å². The number of nitrogens with zero attached hydrogens (tertiary/aromatic N) is 2. The number of nitrogen functional groups attached to an aromatic ring is 1. The summed E-state index contributed by atoms with van der Waals surface area (Å²) in [5.41, 5.74) is 5.41. The highest BCUT2D eigenvalue weighted by molar-refractivity contribution is 6.28. The van der Waals surface area contributed by atoms with Gasteiger partial charge in [0.1, 0.15) is 11.6 Å². The molecule has 0 fully saturated rings. The Morgan fingerprint density at radius 3 is 2.64 bits per heavy atom. The highest BCUT2D eigenvalue weighted by Crippen LogP contribution is 2.15. The molecular formula is C8H12ClFN4. The zero-order chi connectivity index (χ0) is 10.7. The highest BCUT2D eigenvalue weighted by atomic mass is 35.5. The van der Waals surface area contributed by atoms with Crippen LogP contribution < -0.4 is 11.1 Å². The molecule has 0 saturated heterocycles. The fourth-order valence-electron chi connectivity index (χ4n) is 0.817. The second kappa shape index (κ2) is 4.41. The van der Waals surface area contributed by atoms with Gasteiger partial charge in [0.05, 0.1) is 0 Å². The summed E-state index contributed by atoms with van der Waals surface area (Å²) in [6.07, 6.45) is -1.18. The second-order valence-electron chi connectivity index (χ2n) is 3.24. The lowest BCUT2D eigenvalue weighted by molar-refractivity contribution is 0.289. The first-order chi connectivity index (χ1) is 6.49. The number of alkyl halides is 1. The molecule has 1 unspecified atom stereocenters. The topological polar surface area (TPSA) is 63.8 Å². The van der Waals surface area contributed by atoms with Crippen molar-refractivity contribution >= 4 is 23.2 Å². The van der Waals surface area contributed by atoms with Gasteiger partial charge < -0.3 is 11.1 Å². The van der Waals surface area contributed by atoms with E-state index in [0.717, 1.165) is 0 Å². The first-order valence-corrected chi connectivity index (χ1v) is 4.57. The number of hydrogen-bond donors (Lipinski definition) is 2. The van der Waals surface area contributed by atoms with Gasteiger partial charge >= 0.3 is 0 Å². The number of anilines is 2. The van der Waals surface area contributed by atoms with Gasteiger partial charge in [-0.3, -0.25) is 0 Å². The summed E-state index contributed by atoms with van der Waals surface area (Å²) >= 11 is 5.55. The SMILES string of the molecule is CC(C)C(F)Nc1cc(N)nc(Cl)n1. The van der Waals surface area contributed by atoms with Crippen molar-refractivity contribution in [2.45, 2.75) is 20.1 Å². The number of nitrogens with two attached hydrogens (primary N) is 1. The van der Waals surface area contributed by atoms with Crippen LogP contribution in [0.5, 0.6) is 0 Å². The average molecular weight is 219 g/mol. The first-order valence-electron chi connectivity index (χ1n) is 4.19. The molecule has 78 valence electrons. The van der Waals surface area contributed by atoms with Crippen molar-refractivity contribution in [3.05, 3.63) is 11.3 Å². The van der Waals surface area contributed by atoms with E-state index in [-0.39, 0.29) is 17.0 Å². The monoisotopic (exact) mass is 218 g/mol. The van der Waals surface area contributed by atoms with E-state index in [4.69, 9.17) is 17.3 Å². The third-order valence-electron chi connectivity index (χ3n) is 1.59. The van der Waals surface area contributed by atoms with E-state index in [1.807, 2.05) is 0 Å². The fraction of sp³-hybridized carbons (Fsp3) is 0.500. The smallest absolute Gasteiger partial charge is 0.226 e. The van der Waals surface area contributed by atoms with Crippen molar-refractivity contribution in [3.63, 3.8) is 0 Å². The Morgan fingerprint density at radius 1 is 1.50 bits per heavy atom. The van der Waals surface area contributed by atoms with E-state index >= 15 is 0 Å². The molecule has 0 aromatic carbocycles. The van der Waals surface area contributed by atoms with Crippen molar-refractivity contribution in [1.82, 2.24) is 9.97 Å². The molecule has 1 rings (SSSR count). The van der Waals surface area contributed by atoms with Crippen molar-refractivity contribution in [2.24, 2.45) is 5.92 Å². The largest absolute Gasteiger partial charge is 0.383 e. The molecule has 1 heterocycles. The van der Waals surface area contributed by atoms with Gasteiger partial charge in [0, 0.05) is 12.0 Å². The van der Waals surface area contributed by atoms with Crippen molar-refractivity contribution < 1.29 is 4.39 Å². The first kappa shape index (κ1) is 11.0. The number of aromatic nitrogens is 2. The van der Waals surface area contributed by atoms with Crippen LogP contribution in [0.25, 0.3) is 0 Å². The molecule has 14 heavy (non-hydrogen) atoms. The van der Waals surface area contributed by atoms with Crippen LogP contribution in [-0.2, 0) is 0 Å². The molecule has 0 spiro atoms. The third-order valence-corrected chi connectivity index (χ3v) is 1.76. The quantitative estimate of drug-likeness (QED) is 0.602. The van der Waals surface area contributed by atoms with Crippen LogP contribution in [0, 0.1) is 5.92 Å². The van der Waals surface area contributed by atoms with Gasteiger partial charge in [-0.15, -0.1) is 0 Å². The van der Waals surface area contributed by atoms with E-state index in [9.17, 15) is 4.39 Å². The Balaban J connectivity index is 2.76. The molecule has 0 radical (unpaired) electrons. The van der Waals surface area contributed by atoms with Crippen LogP contribution >= 0.6 is 11.6 Å². The zero-order valence-electron chi connectivity index (χ0n) is 7.96. The van der Waals surface area contributed by atoms with Crippen LogP contribution in [0.4, 0.5) is 16.0 Å². The van der Waals surface area contributed by atoms with E-state index < -0.39 is 6.30 Å². The summed E-state index contributed by atoms with van der Waals surface area (Å²) in [6, 6.07) is 1.43. The van der Waals surface area contributed by atoms with Gasteiger partial charge in [-0.05, 0) is 11.6 Å². The molecule has 1 aromatic rings. The second-order valence-corrected chi connectivity index (χ2v) is 3.58. The Bertz CT molecular complexity index is 298. The lowest BCUT2D eigenvalue weighted by Crippen LogP contribution is -2.20. The molecule has 0 aliphatic heterocycles. The van der Waals surface area contributed by atoms with Gasteiger partial charge in [0.25, 0.3) is 0 Å². The number of nitrogens with one attached hydrogen (secondary N) is 1. The zero-order valence-corrected chi connectivity index (χ0v) is 8.72. The Labute approximate surface area is 86.7 Å². The molecular weight excluding hydrogens is 207 g/mol. The predicted molar refractivity (Wildman–Crippen MR) is 54.8 cm³/mol. The van der Waals surface area contributed by atoms with Crippen LogP contribution in [0.1, 0.15) is 13.8 Å². The molecule has 1 aromatic heterocycles. The molecule has 6 heteroatoms. The van der Waals surface area contributed by atoms with E-state index in [1.165, 1.54) is 6.07 Å². The van der Waals surface area contributed by atoms with Gasteiger partial charge in [0.15, 0.2) is 6.30 Å². The molecule has 4 nitrogen and oxygen atoms in total. The van der Waals surface area contributed by atoms with Gasteiger partial charge in [0.2, 0.25) is 5.28 Å². The average Bonchev–Trinajstić information content (AvgIpc) is 2.01. The minimum atomic E-state index is -1.18. The van der Waals surface area contributed by atoms with Crippen LogP contribution in [0.2, 0.25) is 5.28 Å². The maximum atomic E-state index is 13.2. The Morgan fingerprint density at radius 2 is 2.14 bits per heavy atom. The third kappa shape index (κ3) is 2.99. The predicted octanol–water partition coefficient (Wildman–Crippen LogP) is 2.08. The van der Waals surface area contributed by atoms with Crippen LogP contribution in [0.15, 0.2) is 6.07 Å². The van der Waals surface area contributed by atoms with E-state index in [0.29, 0.717) is 5.82 Å². The molecule has 0 aliphatic rings. The molecule has 0 aliphatic carbocycles. The van der Waals surface area contributed by atoms with E-state index in [1.54, 1.807) is 13.8 Å². The Kier molecular flexibility index (Phi) is 3.46. The van der Waals surface area contributed by atoms with E-state index in [2.05, 4.69) is 15.3 Å². The van der Waals surface area contributed by atoms with Gasteiger partial charge in [-0.1, -0.05) is 13.8 Å². The number of hydrogen-bond acceptors (Lipinski definition) is 4. The number of halogens is 2. The van der Waals surface area contributed by atoms with Crippen molar-refractivity contribution in [3.8, 4) is 0 Å². The molecule has 1 atom stereocenters. The standard InChI is InChI=1S/C8H12ClFN4/c1-4(2)7(10)13-6-3-5(11)12-8(9)14-6/h3-4,7H,1-2H3,(H3,11,12,13,14). The maximum absolute atomic E-state index is 13.2. The molecule has 0 amide bonds. The van der Waals surface area contributed by atoms with Gasteiger partial charge in [-0.25, -0.2) is 14.4 Å². The lowest BCUT2D eigenvalue weighted by atomic mass is 10.2. The van der Waals surface area contributed by atoms with Crippen LogP contribution in [0.3, 0.4) is 0 Å². The lowest BCUT2D eigenvalue weighted by Gasteiger charge is -2.14. The van der Waals surface area contributed by atoms with Crippen molar-refractivity contribution in [1.29, 1.82) is 0 Å². The molecule has 0 bridgehead atoms. The fourth-order valence-corrected chi connectivity index (χ4v) is 1.01. The summed E-state index contributed by atoms with van der Waals surface area (Å²) in [5, 5.41) is 2.54. The highest BCUT2D eigenvalue weighted by Gasteiger charge is 2.12. The Hall–Kier alpha value is -1.10. The number of rotatable bonds is 3. The molecule has 3 N–H and O–H groups in total. The molecule has 0 saturated carbocycles. The van der Waals surface area contributed by atoms with Gasteiger partial charge in [-0.2, -0.15) is 0 Å². The summed E-state index contributed by atoms with van der Waals surface area (Å²) < 4.78 is 13.2.